The lowest BCUT2D eigenvalue weighted by Gasteiger charge is -2.14. The number of fused-ring (bicyclic) bond motifs is 6. The summed E-state index contributed by atoms with van der Waals surface area (Å²) in [6.45, 7) is 0. The van der Waals surface area contributed by atoms with Gasteiger partial charge >= 0.3 is 0 Å². The van der Waals surface area contributed by atoms with Crippen LogP contribution in [0.15, 0.2) is 170 Å². The molecule has 0 unspecified atom stereocenters. The van der Waals surface area contributed by atoms with Gasteiger partial charge in [0.1, 0.15) is 5.82 Å². The highest BCUT2D eigenvalue weighted by Crippen LogP contribution is 2.38. The van der Waals surface area contributed by atoms with Crippen LogP contribution in [0.4, 0.5) is 4.39 Å². The van der Waals surface area contributed by atoms with Gasteiger partial charge in [-0.15, -0.1) is 0 Å². The molecule has 1 aromatic heterocycles. The molecular weight excluding hydrogens is 574 g/mol. The molecule has 9 aromatic rings. The maximum Gasteiger partial charge on any atom is 0.123 e. The Kier molecular flexibility index (Phi) is 6.39. The first-order valence-corrected chi connectivity index (χ1v) is 15.9. The predicted molar refractivity (Wildman–Crippen MR) is 196 cm³/mol. The molecule has 0 aliphatic heterocycles. The molecule has 0 radical (unpaired) electrons. The summed E-state index contributed by atoms with van der Waals surface area (Å²) in [4.78, 5) is 5.19. The van der Waals surface area contributed by atoms with E-state index in [0.717, 1.165) is 38.7 Å². The fraction of sp³-hybridized carbons (Fsp3) is 0. The molecule has 0 bridgehead atoms. The van der Waals surface area contributed by atoms with Gasteiger partial charge in [-0.1, -0.05) is 133 Å². The fourth-order valence-electron chi connectivity index (χ4n) is 6.86. The molecule has 9 rings (SSSR count). The molecule has 220 valence electrons. The molecule has 0 atom stereocenters. The molecule has 1 nitrogen and oxygen atoms in total. The Morgan fingerprint density at radius 3 is 1.53 bits per heavy atom. The van der Waals surface area contributed by atoms with Gasteiger partial charge in [-0.25, -0.2) is 9.37 Å². The number of hydrogen-bond acceptors (Lipinski definition) is 1. The minimum atomic E-state index is -0.254. The van der Waals surface area contributed by atoms with Crippen LogP contribution in [0.2, 0.25) is 0 Å². The van der Waals surface area contributed by atoms with Gasteiger partial charge in [0.15, 0.2) is 0 Å². The lowest BCUT2D eigenvalue weighted by Crippen LogP contribution is -1.92. The van der Waals surface area contributed by atoms with Crippen LogP contribution in [0.1, 0.15) is 0 Å². The number of aromatic nitrogens is 1. The standard InChI is InChI=1S/C45H28FN/c46-39-23-19-35(20-24-39)45-42-26-21-34-6-3-4-8-40(34)44(42)41-25-22-38(28-43(41)47-45)33-15-11-31(12-16-33)30-9-13-32(14-10-30)37-18-17-29-5-1-2-7-36(29)27-37/h1-28H. The first-order valence-electron chi connectivity index (χ1n) is 15.9. The van der Waals surface area contributed by atoms with E-state index in [9.17, 15) is 4.39 Å². The smallest absolute Gasteiger partial charge is 0.123 e. The second kappa shape index (κ2) is 11.0. The topological polar surface area (TPSA) is 12.9 Å². The van der Waals surface area contributed by atoms with Crippen LogP contribution in [0.3, 0.4) is 0 Å². The average molecular weight is 602 g/mol. The normalized spacial score (nSPS) is 11.5. The minimum absolute atomic E-state index is 0.254. The summed E-state index contributed by atoms with van der Waals surface area (Å²) in [5.41, 5.74) is 9.70. The van der Waals surface area contributed by atoms with Crippen molar-refractivity contribution in [3.05, 3.63) is 176 Å². The number of pyridine rings is 1. The van der Waals surface area contributed by atoms with Crippen LogP contribution < -0.4 is 0 Å². The first-order chi connectivity index (χ1) is 23.2. The zero-order chi connectivity index (χ0) is 31.3. The van der Waals surface area contributed by atoms with Crippen molar-refractivity contribution in [2.45, 2.75) is 0 Å². The van der Waals surface area contributed by atoms with Crippen molar-refractivity contribution in [1.82, 2.24) is 4.98 Å². The predicted octanol–water partition coefficient (Wildman–Crippen LogP) is 12.5. The summed E-state index contributed by atoms with van der Waals surface area (Å²) in [5, 5.41) is 8.21. The molecule has 0 fully saturated rings. The van der Waals surface area contributed by atoms with Crippen LogP contribution in [0.5, 0.6) is 0 Å². The SMILES string of the molecule is Fc1ccc(-c2nc3cc(-c4ccc(-c5ccc(-c6ccc7ccccc7c6)cc5)cc4)ccc3c3c2ccc2ccccc23)cc1. The summed E-state index contributed by atoms with van der Waals surface area (Å²) in [5.74, 6) is -0.254. The van der Waals surface area contributed by atoms with Crippen molar-refractivity contribution < 1.29 is 4.39 Å². The second-order valence-corrected chi connectivity index (χ2v) is 12.1. The third-order valence-corrected chi connectivity index (χ3v) is 9.32. The average Bonchev–Trinajstić information content (AvgIpc) is 3.14. The lowest BCUT2D eigenvalue weighted by atomic mass is 9.93. The summed E-state index contributed by atoms with van der Waals surface area (Å²) in [6, 6.07) is 58.6. The van der Waals surface area contributed by atoms with E-state index in [1.54, 1.807) is 0 Å². The number of halogens is 1. The van der Waals surface area contributed by atoms with Crippen LogP contribution in [-0.4, -0.2) is 4.98 Å². The van der Waals surface area contributed by atoms with E-state index in [-0.39, 0.29) is 5.82 Å². The van der Waals surface area contributed by atoms with Gasteiger partial charge in [0.25, 0.3) is 0 Å². The Bertz CT molecular complexity index is 2600. The monoisotopic (exact) mass is 601 g/mol. The minimum Gasteiger partial charge on any atom is -0.247 e. The molecule has 0 N–H and O–H groups in total. The van der Waals surface area contributed by atoms with Gasteiger partial charge in [0.05, 0.1) is 11.2 Å². The first kappa shape index (κ1) is 27.2. The largest absolute Gasteiger partial charge is 0.247 e. The quantitative estimate of drug-likeness (QED) is 0.183. The van der Waals surface area contributed by atoms with Crippen molar-refractivity contribution in [3.8, 4) is 44.6 Å². The van der Waals surface area contributed by atoms with Gasteiger partial charge in [0, 0.05) is 21.7 Å². The highest BCUT2D eigenvalue weighted by Gasteiger charge is 2.14. The van der Waals surface area contributed by atoms with Crippen LogP contribution in [0, 0.1) is 5.82 Å². The second-order valence-electron chi connectivity index (χ2n) is 12.1. The molecule has 0 amide bonds. The zero-order valence-corrected chi connectivity index (χ0v) is 25.5. The van der Waals surface area contributed by atoms with E-state index in [0.29, 0.717) is 0 Å². The Hall–Kier alpha value is -6.12. The van der Waals surface area contributed by atoms with E-state index in [4.69, 9.17) is 4.98 Å². The van der Waals surface area contributed by atoms with E-state index >= 15 is 0 Å². The summed E-state index contributed by atoms with van der Waals surface area (Å²) >= 11 is 0. The van der Waals surface area contributed by atoms with Crippen molar-refractivity contribution >= 4 is 43.2 Å². The van der Waals surface area contributed by atoms with Crippen LogP contribution in [-0.2, 0) is 0 Å². The molecule has 0 spiro atoms. The molecule has 0 saturated carbocycles. The molecule has 0 aliphatic carbocycles. The molecular formula is C45H28FN. The van der Waals surface area contributed by atoms with Crippen molar-refractivity contribution in [3.63, 3.8) is 0 Å². The van der Waals surface area contributed by atoms with E-state index < -0.39 is 0 Å². The summed E-state index contributed by atoms with van der Waals surface area (Å²) in [7, 11) is 0. The fourth-order valence-corrected chi connectivity index (χ4v) is 6.86. The Morgan fingerprint density at radius 2 is 0.830 bits per heavy atom. The maximum absolute atomic E-state index is 13.9. The number of rotatable bonds is 4. The van der Waals surface area contributed by atoms with Gasteiger partial charge in [0.2, 0.25) is 0 Å². The Balaban J connectivity index is 1.09. The van der Waals surface area contributed by atoms with Crippen molar-refractivity contribution in [1.29, 1.82) is 0 Å². The molecule has 8 aromatic carbocycles. The molecule has 0 saturated heterocycles. The van der Waals surface area contributed by atoms with Crippen LogP contribution in [0.25, 0.3) is 87.9 Å². The molecule has 0 aliphatic rings. The Morgan fingerprint density at radius 1 is 0.340 bits per heavy atom. The third-order valence-electron chi connectivity index (χ3n) is 9.32. The van der Waals surface area contributed by atoms with Crippen molar-refractivity contribution in [2.75, 3.05) is 0 Å². The van der Waals surface area contributed by atoms with Crippen molar-refractivity contribution in [2.24, 2.45) is 0 Å². The summed E-state index contributed by atoms with van der Waals surface area (Å²) in [6.07, 6.45) is 0. The molecule has 47 heavy (non-hydrogen) atoms. The highest BCUT2D eigenvalue weighted by molar-refractivity contribution is 6.22. The molecule has 1 heterocycles. The number of benzene rings is 8. The van der Waals surface area contributed by atoms with Gasteiger partial charge in [-0.3, -0.25) is 0 Å². The van der Waals surface area contributed by atoms with Gasteiger partial charge in [-0.2, -0.15) is 0 Å². The number of hydrogen-bond donors (Lipinski definition) is 0. The van der Waals surface area contributed by atoms with Gasteiger partial charge < -0.3 is 0 Å². The van der Waals surface area contributed by atoms with E-state index in [1.165, 1.54) is 61.3 Å². The van der Waals surface area contributed by atoms with E-state index in [1.807, 2.05) is 12.1 Å². The zero-order valence-electron chi connectivity index (χ0n) is 25.5. The van der Waals surface area contributed by atoms with Crippen LogP contribution >= 0.6 is 0 Å². The Labute approximate surface area is 272 Å². The highest BCUT2D eigenvalue weighted by atomic mass is 19.1. The lowest BCUT2D eigenvalue weighted by molar-refractivity contribution is 0.628. The summed E-state index contributed by atoms with van der Waals surface area (Å²) < 4.78 is 13.9. The third kappa shape index (κ3) is 4.83. The van der Waals surface area contributed by atoms with E-state index in [2.05, 4.69) is 146 Å². The molecule has 2 heteroatoms. The number of nitrogens with zero attached hydrogens (tertiary/aromatic N) is 1. The van der Waals surface area contributed by atoms with Gasteiger partial charge in [-0.05, 0) is 91.3 Å². The maximum atomic E-state index is 13.9.